The van der Waals surface area contributed by atoms with Crippen LogP contribution in [0.2, 0.25) is 5.02 Å². The molecule has 0 spiro atoms. The summed E-state index contributed by atoms with van der Waals surface area (Å²) in [6.07, 6.45) is 3.22. The molecular formula is C22H35ClN4O2. The highest BCUT2D eigenvalue weighted by atomic mass is 35.5. The van der Waals surface area contributed by atoms with Crippen LogP contribution in [0, 0.1) is 5.92 Å². The van der Waals surface area contributed by atoms with E-state index >= 15 is 0 Å². The molecule has 1 N–H and O–H groups in total. The van der Waals surface area contributed by atoms with E-state index in [0.717, 1.165) is 95.9 Å². The fourth-order valence-corrected chi connectivity index (χ4v) is 3.97. The molecule has 0 saturated carbocycles. The van der Waals surface area contributed by atoms with E-state index in [9.17, 15) is 0 Å². The van der Waals surface area contributed by atoms with Gasteiger partial charge in [-0.1, -0.05) is 17.7 Å². The van der Waals surface area contributed by atoms with Gasteiger partial charge >= 0.3 is 0 Å². The highest BCUT2D eigenvalue weighted by molar-refractivity contribution is 6.30. The Labute approximate surface area is 180 Å². The van der Waals surface area contributed by atoms with Crippen molar-refractivity contribution in [2.75, 3.05) is 70.6 Å². The molecule has 162 valence electrons. The first kappa shape index (κ1) is 22.2. The van der Waals surface area contributed by atoms with Crippen molar-refractivity contribution in [1.82, 2.24) is 10.2 Å². The maximum absolute atomic E-state index is 6.14. The summed E-state index contributed by atoms with van der Waals surface area (Å²) in [6, 6.07) is 8.10. The largest absolute Gasteiger partial charge is 0.381 e. The molecule has 7 heteroatoms. The van der Waals surface area contributed by atoms with Gasteiger partial charge in [-0.3, -0.25) is 4.99 Å². The van der Waals surface area contributed by atoms with Crippen LogP contribution < -0.4 is 10.2 Å². The van der Waals surface area contributed by atoms with E-state index in [0.29, 0.717) is 5.92 Å². The van der Waals surface area contributed by atoms with Crippen molar-refractivity contribution in [3.05, 3.63) is 29.3 Å². The summed E-state index contributed by atoms with van der Waals surface area (Å²) in [4.78, 5) is 9.56. The second-order valence-electron chi connectivity index (χ2n) is 7.67. The van der Waals surface area contributed by atoms with Crippen molar-refractivity contribution in [1.29, 1.82) is 0 Å². The van der Waals surface area contributed by atoms with Gasteiger partial charge in [0.25, 0.3) is 0 Å². The van der Waals surface area contributed by atoms with E-state index in [1.54, 1.807) is 0 Å². The van der Waals surface area contributed by atoms with E-state index in [4.69, 9.17) is 26.1 Å². The van der Waals surface area contributed by atoms with Crippen LogP contribution in [-0.2, 0) is 9.47 Å². The SMILES string of the molecule is CCNC(=NCCCOCC1CCOCC1)N1CCN(c2cccc(Cl)c2)CC1. The molecule has 1 aromatic rings. The van der Waals surface area contributed by atoms with Gasteiger partial charge in [0.2, 0.25) is 0 Å². The lowest BCUT2D eigenvalue weighted by molar-refractivity contribution is 0.0205. The minimum atomic E-state index is 0.667. The van der Waals surface area contributed by atoms with Gasteiger partial charge < -0.3 is 24.6 Å². The molecule has 2 aliphatic heterocycles. The van der Waals surface area contributed by atoms with Gasteiger partial charge in [0.05, 0.1) is 0 Å². The fraction of sp³-hybridized carbons (Fsp3) is 0.682. The number of hydrogen-bond acceptors (Lipinski definition) is 4. The first-order valence-corrected chi connectivity index (χ1v) is 11.3. The molecule has 2 saturated heterocycles. The Balaban J connectivity index is 1.38. The number of ether oxygens (including phenoxy) is 2. The molecule has 0 atom stereocenters. The summed E-state index contributed by atoms with van der Waals surface area (Å²) < 4.78 is 11.3. The zero-order valence-electron chi connectivity index (χ0n) is 17.6. The molecule has 0 bridgehead atoms. The lowest BCUT2D eigenvalue weighted by atomic mass is 10.0. The standard InChI is InChI=1S/C22H35ClN4O2/c1-2-24-22(25-9-4-14-29-18-19-7-15-28-16-8-19)27-12-10-26(11-13-27)21-6-3-5-20(23)17-21/h3,5-6,17,19H,2,4,7-16,18H2,1H3,(H,24,25). The summed E-state index contributed by atoms with van der Waals surface area (Å²) in [5.74, 6) is 1.68. The van der Waals surface area contributed by atoms with Gasteiger partial charge in [-0.15, -0.1) is 0 Å². The molecule has 0 amide bonds. The van der Waals surface area contributed by atoms with Crippen LogP contribution in [0.4, 0.5) is 5.69 Å². The molecule has 6 nitrogen and oxygen atoms in total. The Kier molecular flexibility index (Phi) is 9.38. The Morgan fingerprint density at radius 3 is 2.76 bits per heavy atom. The predicted octanol–water partition coefficient (Wildman–Crippen LogP) is 3.26. The van der Waals surface area contributed by atoms with Crippen LogP contribution >= 0.6 is 11.6 Å². The third kappa shape index (κ3) is 7.36. The fourth-order valence-electron chi connectivity index (χ4n) is 3.79. The maximum atomic E-state index is 6.14. The molecule has 3 rings (SSSR count). The molecule has 0 unspecified atom stereocenters. The van der Waals surface area contributed by atoms with Crippen LogP contribution in [0.1, 0.15) is 26.2 Å². The number of aliphatic imine (C=N–C) groups is 1. The zero-order chi connectivity index (χ0) is 20.3. The van der Waals surface area contributed by atoms with Crippen LogP contribution in [-0.4, -0.2) is 76.6 Å². The average Bonchev–Trinajstić information content (AvgIpc) is 2.76. The molecular weight excluding hydrogens is 388 g/mol. The number of rotatable bonds is 8. The molecule has 0 aliphatic carbocycles. The monoisotopic (exact) mass is 422 g/mol. The Hall–Kier alpha value is -1.50. The number of nitrogens with one attached hydrogen (secondary N) is 1. The third-order valence-corrected chi connectivity index (χ3v) is 5.73. The number of halogens is 1. The quantitative estimate of drug-likeness (QED) is 0.396. The lowest BCUT2D eigenvalue weighted by Gasteiger charge is -2.37. The second kappa shape index (κ2) is 12.3. The smallest absolute Gasteiger partial charge is 0.194 e. The highest BCUT2D eigenvalue weighted by Crippen LogP contribution is 2.20. The maximum Gasteiger partial charge on any atom is 0.194 e. The number of benzene rings is 1. The van der Waals surface area contributed by atoms with Gasteiger partial charge in [0.1, 0.15) is 0 Å². The van der Waals surface area contributed by atoms with Crippen LogP contribution in [0.15, 0.2) is 29.3 Å². The first-order valence-electron chi connectivity index (χ1n) is 11.0. The second-order valence-corrected chi connectivity index (χ2v) is 8.11. The van der Waals surface area contributed by atoms with Crippen molar-refractivity contribution in [2.24, 2.45) is 10.9 Å². The summed E-state index contributed by atoms with van der Waals surface area (Å²) in [5, 5.41) is 4.23. The number of piperazine rings is 1. The first-order chi connectivity index (χ1) is 14.3. The normalized spacial score (nSPS) is 18.9. The lowest BCUT2D eigenvalue weighted by Crippen LogP contribution is -2.52. The van der Waals surface area contributed by atoms with E-state index in [1.807, 2.05) is 18.2 Å². The summed E-state index contributed by atoms with van der Waals surface area (Å²) in [7, 11) is 0. The van der Waals surface area contributed by atoms with Gasteiger partial charge in [-0.05, 0) is 50.3 Å². The number of nitrogens with zero attached hydrogens (tertiary/aromatic N) is 3. The zero-order valence-corrected chi connectivity index (χ0v) is 18.4. The number of guanidine groups is 1. The van der Waals surface area contributed by atoms with Crippen LogP contribution in [0.3, 0.4) is 0 Å². The molecule has 0 aromatic heterocycles. The minimum Gasteiger partial charge on any atom is -0.381 e. The molecule has 2 aliphatic rings. The van der Waals surface area contributed by atoms with E-state index in [1.165, 1.54) is 5.69 Å². The summed E-state index contributed by atoms with van der Waals surface area (Å²) in [5.41, 5.74) is 1.20. The average molecular weight is 423 g/mol. The topological polar surface area (TPSA) is 49.3 Å². The van der Waals surface area contributed by atoms with E-state index < -0.39 is 0 Å². The van der Waals surface area contributed by atoms with Crippen molar-refractivity contribution in [2.45, 2.75) is 26.2 Å². The summed E-state index contributed by atoms with van der Waals surface area (Å²) >= 11 is 6.14. The third-order valence-electron chi connectivity index (χ3n) is 5.49. The van der Waals surface area contributed by atoms with E-state index in [2.05, 4.69) is 28.1 Å². The van der Waals surface area contributed by atoms with Crippen LogP contribution in [0.5, 0.6) is 0 Å². The van der Waals surface area contributed by atoms with Gasteiger partial charge in [0.15, 0.2) is 5.96 Å². The van der Waals surface area contributed by atoms with Crippen LogP contribution in [0.25, 0.3) is 0 Å². The Morgan fingerprint density at radius 2 is 2.03 bits per heavy atom. The number of anilines is 1. The molecule has 29 heavy (non-hydrogen) atoms. The Bertz CT molecular complexity index is 629. The van der Waals surface area contributed by atoms with Crippen molar-refractivity contribution in [3.8, 4) is 0 Å². The summed E-state index contributed by atoms with van der Waals surface area (Å²) in [6.45, 7) is 11.1. The minimum absolute atomic E-state index is 0.667. The predicted molar refractivity (Wildman–Crippen MR) is 120 cm³/mol. The van der Waals surface area contributed by atoms with Gasteiger partial charge in [0, 0.05) is 76.4 Å². The number of hydrogen-bond donors (Lipinski definition) is 1. The van der Waals surface area contributed by atoms with Gasteiger partial charge in [-0.25, -0.2) is 0 Å². The van der Waals surface area contributed by atoms with Gasteiger partial charge in [-0.2, -0.15) is 0 Å². The van der Waals surface area contributed by atoms with E-state index in [-0.39, 0.29) is 0 Å². The Morgan fingerprint density at radius 1 is 1.24 bits per heavy atom. The van der Waals surface area contributed by atoms with Crippen molar-refractivity contribution < 1.29 is 9.47 Å². The molecule has 2 fully saturated rings. The van der Waals surface area contributed by atoms with Crippen molar-refractivity contribution in [3.63, 3.8) is 0 Å². The molecule has 2 heterocycles. The molecule has 0 radical (unpaired) electrons. The van der Waals surface area contributed by atoms with Crippen molar-refractivity contribution >= 4 is 23.2 Å². The highest BCUT2D eigenvalue weighted by Gasteiger charge is 2.20. The molecule has 1 aromatic carbocycles.